The Balaban J connectivity index is 1.91. The quantitative estimate of drug-likeness (QED) is 0.785. The lowest BCUT2D eigenvalue weighted by Gasteiger charge is -2.48. The summed E-state index contributed by atoms with van der Waals surface area (Å²) in [6.07, 6.45) is 6.31. The van der Waals surface area contributed by atoms with E-state index in [0.717, 1.165) is 37.8 Å². The largest absolute Gasteiger partial charge is 0.372 e. The van der Waals surface area contributed by atoms with Gasteiger partial charge in [0.15, 0.2) is 0 Å². The standard InChI is InChI=1S/C19H28N4O2/c1-14-15(13-21-23(14)18(2,3)4)17(24)22-10-7-9-19(16(22)12-20)8-5-6-11-25-19/h13,16H,5-11H2,1-4H3/t16-,19-/m0/s1. The summed E-state index contributed by atoms with van der Waals surface area (Å²) in [5.74, 6) is -0.104. The molecule has 136 valence electrons. The van der Waals surface area contributed by atoms with Crippen LogP contribution in [0.3, 0.4) is 0 Å². The number of nitrogens with zero attached hydrogens (tertiary/aromatic N) is 4. The number of carbonyl (C=O) groups is 1. The van der Waals surface area contributed by atoms with Crippen LogP contribution in [-0.4, -0.2) is 45.4 Å². The second-order valence-corrected chi connectivity index (χ2v) is 8.23. The van der Waals surface area contributed by atoms with Gasteiger partial charge in [-0.2, -0.15) is 10.4 Å². The number of nitriles is 1. The zero-order chi connectivity index (χ0) is 18.2. The van der Waals surface area contributed by atoms with Crippen LogP contribution in [0.5, 0.6) is 0 Å². The summed E-state index contributed by atoms with van der Waals surface area (Å²) < 4.78 is 7.95. The van der Waals surface area contributed by atoms with Gasteiger partial charge in [-0.05, 0) is 59.8 Å². The summed E-state index contributed by atoms with van der Waals surface area (Å²) in [4.78, 5) is 14.9. The molecule has 0 bridgehead atoms. The fourth-order valence-corrected chi connectivity index (χ4v) is 4.24. The maximum atomic E-state index is 13.2. The Morgan fingerprint density at radius 1 is 1.36 bits per heavy atom. The van der Waals surface area contributed by atoms with Crippen LogP contribution in [0.1, 0.15) is 68.9 Å². The molecular weight excluding hydrogens is 316 g/mol. The molecule has 0 saturated carbocycles. The van der Waals surface area contributed by atoms with Crippen LogP contribution in [0.15, 0.2) is 6.20 Å². The lowest BCUT2D eigenvalue weighted by Crippen LogP contribution is -2.60. The third-order valence-electron chi connectivity index (χ3n) is 5.45. The second-order valence-electron chi connectivity index (χ2n) is 8.23. The summed E-state index contributed by atoms with van der Waals surface area (Å²) in [5.41, 5.74) is 0.753. The van der Waals surface area contributed by atoms with Gasteiger partial charge in [0.1, 0.15) is 11.6 Å². The highest BCUT2D eigenvalue weighted by atomic mass is 16.5. The van der Waals surface area contributed by atoms with Crippen molar-refractivity contribution in [3.8, 4) is 6.07 Å². The van der Waals surface area contributed by atoms with Gasteiger partial charge in [0.05, 0.1) is 23.4 Å². The van der Waals surface area contributed by atoms with E-state index < -0.39 is 11.6 Å². The number of hydrogen-bond donors (Lipinski definition) is 0. The predicted molar refractivity (Wildman–Crippen MR) is 94.2 cm³/mol. The van der Waals surface area contributed by atoms with Crippen molar-refractivity contribution in [2.75, 3.05) is 13.2 Å². The molecule has 1 spiro atoms. The van der Waals surface area contributed by atoms with E-state index in [0.29, 0.717) is 18.7 Å². The third-order valence-corrected chi connectivity index (χ3v) is 5.45. The number of carbonyl (C=O) groups excluding carboxylic acids is 1. The smallest absolute Gasteiger partial charge is 0.258 e. The molecule has 3 heterocycles. The van der Waals surface area contributed by atoms with E-state index in [-0.39, 0.29) is 11.4 Å². The highest BCUT2D eigenvalue weighted by molar-refractivity contribution is 5.95. The lowest BCUT2D eigenvalue weighted by molar-refractivity contribution is -0.128. The average molecular weight is 344 g/mol. The van der Waals surface area contributed by atoms with Crippen molar-refractivity contribution >= 4 is 5.91 Å². The van der Waals surface area contributed by atoms with Crippen LogP contribution in [0.2, 0.25) is 0 Å². The van der Waals surface area contributed by atoms with E-state index in [4.69, 9.17) is 4.74 Å². The van der Waals surface area contributed by atoms with Crippen LogP contribution >= 0.6 is 0 Å². The van der Waals surface area contributed by atoms with E-state index in [1.165, 1.54) is 0 Å². The van der Waals surface area contributed by atoms with E-state index in [9.17, 15) is 10.1 Å². The first-order chi connectivity index (χ1) is 11.8. The molecule has 0 unspecified atom stereocenters. The van der Waals surface area contributed by atoms with Crippen LogP contribution in [0.25, 0.3) is 0 Å². The Kier molecular flexibility index (Phi) is 4.63. The van der Waals surface area contributed by atoms with E-state index in [1.807, 2.05) is 11.6 Å². The van der Waals surface area contributed by atoms with Crippen molar-refractivity contribution in [3.63, 3.8) is 0 Å². The molecule has 6 nitrogen and oxygen atoms in total. The molecule has 2 aliphatic heterocycles. The third kappa shape index (κ3) is 3.06. The Hall–Kier alpha value is -1.87. The number of likely N-dealkylation sites (tertiary alicyclic amines) is 1. The molecular formula is C19H28N4O2. The van der Waals surface area contributed by atoms with Crippen molar-refractivity contribution in [2.24, 2.45) is 0 Å². The Morgan fingerprint density at radius 2 is 2.08 bits per heavy atom. The van der Waals surface area contributed by atoms with Gasteiger partial charge in [-0.25, -0.2) is 0 Å². The first-order valence-electron chi connectivity index (χ1n) is 9.20. The molecule has 3 rings (SSSR count). The number of rotatable bonds is 1. The van der Waals surface area contributed by atoms with Crippen molar-refractivity contribution < 1.29 is 9.53 Å². The summed E-state index contributed by atoms with van der Waals surface area (Å²) in [5, 5.41) is 14.2. The van der Waals surface area contributed by atoms with Crippen LogP contribution in [-0.2, 0) is 10.3 Å². The molecule has 1 amide bonds. The van der Waals surface area contributed by atoms with E-state index in [1.54, 1.807) is 11.1 Å². The minimum absolute atomic E-state index is 0.104. The average Bonchev–Trinajstić information content (AvgIpc) is 2.96. The highest BCUT2D eigenvalue weighted by Crippen LogP contribution is 2.39. The molecule has 2 aliphatic rings. The van der Waals surface area contributed by atoms with Gasteiger partial charge in [-0.1, -0.05) is 0 Å². The minimum Gasteiger partial charge on any atom is -0.372 e. The fraction of sp³-hybridized carbons (Fsp3) is 0.737. The summed E-state index contributed by atoms with van der Waals surface area (Å²) in [7, 11) is 0. The first kappa shape index (κ1) is 17.9. The predicted octanol–water partition coefficient (Wildman–Crippen LogP) is 3.01. The number of ether oxygens (including phenoxy) is 1. The Bertz CT molecular complexity index is 684. The molecule has 6 heteroatoms. The first-order valence-corrected chi connectivity index (χ1v) is 9.20. The Morgan fingerprint density at radius 3 is 2.64 bits per heavy atom. The number of aromatic nitrogens is 2. The van der Waals surface area contributed by atoms with E-state index in [2.05, 4.69) is 31.9 Å². The molecule has 0 radical (unpaired) electrons. The molecule has 1 aromatic rings. The van der Waals surface area contributed by atoms with Gasteiger partial charge in [0.2, 0.25) is 0 Å². The lowest BCUT2D eigenvalue weighted by atomic mass is 9.79. The topological polar surface area (TPSA) is 71.2 Å². The normalized spacial score (nSPS) is 27.3. The minimum atomic E-state index is -0.522. The Labute approximate surface area is 149 Å². The van der Waals surface area contributed by atoms with Gasteiger partial charge < -0.3 is 9.64 Å². The molecule has 2 atom stereocenters. The molecule has 2 saturated heterocycles. The molecule has 0 aromatic carbocycles. The van der Waals surface area contributed by atoms with Crippen molar-refractivity contribution in [1.29, 1.82) is 5.26 Å². The van der Waals surface area contributed by atoms with Gasteiger partial charge >= 0.3 is 0 Å². The van der Waals surface area contributed by atoms with Gasteiger partial charge in [0, 0.05) is 18.8 Å². The molecule has 0 N–H and O–H groups in total. The zero-order valence-electron chi connectivity index (χ0n) is 15.7. The molecule has 0 aliphatic carbocycles. The molecule has 25 heavy (non-hydrogen) atoms. The number of piperidine rings is 1. The SMILES string of the molecule is Cc1c(C(=O)N2CCC[C@@]3(CCCCO3)[C@@H]2C#N)cnn1C(C)(C)C. The number of hydrogen-bond acceptors (Lipinski definition) is 4. The maximum Gasteiger partial charge on any atom is 0.258 e. The monoisotopic (exact) mass is 344 g/mol. The van der Waals surface area contributed by atoms with Crippen LogP contribution in [0, 0.1) is 18.3 Å². The van der Waals surface area contributed by atoms with Crippen molar-refractivity contribution in [1.82, 2.24) is 14.7 Å². The summed E-state index contributed by atoms with van der Waals surface area (Å²) >= 11 is 0. The van der Waals surface area contributed by atoms with Gasteiger partial charge in [-0.15, -0.1) is 0 Å². The van der Waals surface area contributed by atoms with Crippen LogP contribution in [0.4, 0.5) is 0 Å². The second kappa shape index (κ2) is 6.45. The van der Waals surface area contributed by atoms with Crippen LogP contribution < -0.4 is 0 Å². The van der Waals surface area contributed by atoms with Gasteiger partial charge in [-0.3, -0.25) is 9.48 Å². The molecule has 1 aromatic heterocycles. The van der Waals surface area contributed by atoms with Crippen molar-refractivity contribution in [3.05, 3.63) is 17.5 Å². The van der Waals surface area contributed by atoms with Gasteiger partial charge in [0.25, 0.3) is 5.91 Å². The fourth-order valence-electron chi connectivity index (χ4n) is 4.24. The van der Waals surface area contributed by atoms with E-state index >= 15 is 0 Å². The van der Waals surface area contributed by atoms with Crippen molar-refractivity contribution in [2.45, 2.75) is 77.0 Å². The summed E-state index contributed by atoms with van der Waals surface area (Å²) in [6.45, 7) is 9.38. The summed E-state index contributed by atoms with van der Waals surface area (Å²) in [6, 6.07) is 1.85. The molecule has 2 fully saturated rings. The highest BCUT2D eigenvalue weighted by Gasteiger charge is 2.49. The maximum absolute atomic E-state index is 13.2. The zero-order valence-corrected chi connectivity index (χ0v) is 15.7. The number of amides is 1.